The number of aryl methyl sites for hydroxylation is 1. The summed E-state index contributed by atoms with van der Waals surface area (Å²) in [7, 11) is 0. The highest BCUT2D eigenvalue weighted by Gasteiger charge is 2.21. The average Bonchev–Trinajstić information content (AvgIpc) is 2.76. The Bertz CT molecular complexity index is 725. The van der Waals surface area contributed by atoms with Gasteiger partial charge in [0.1, 0.15) is 17.2 Å². The van der Waals surface area contributed by atoms with Crippen LogP contribution in [0.4, 0.5) is 4.39 Å². The van der Waals surface area contributed by atoms with Crippen LogP contribution in [0, 0.1) is 12.7 Å². The number of hydrogen-bond acceptors (Lipinski definition) is 4. The van der Waals surface area contributed by atoms with Crippen LogP contribution in [0.3, 0.4) is 0 Å². The van der Waals surface area contributed by atoms with Crippen molar-refractivity contribution >= 4 is 11.0 Å². The first kappa shape index (κ1) is 11.8. The van der Waals surface area contributed by atoms with Crippen molar-refractivity contribution in [3.05, 3.63) is 59.6 Å². The minimum atomic E-state index is -1.01. The summed E-state index contributed by atoms with van der Waals surface area (Å²) in [4.78, 5) is 7.94. The second kappa shape index (κ2) is 4.44. The van der Waals surface area contributed by atoms with Crippen LogP contribution >= 0.6 is 0 Å². The molecule has 0 aliphatic heterocycles. The average molecular weight is 258 g/mol. The first-order chi connectivity index (χ1) is 9.16. The van der Waals surface area contributed by atoms with Crippen molar-refractivity contribution in [1.29, 1.82) is 0 Å². The van der Waals surface area contributed by atoms with Gasteiger partial charge in [-0.1, -0.05) is 0 Å². The number of benzene rings is 1. The van der Waals surface area contributed by atoms with Gasteiger partial charge < -0.3 is 9.52 Å². The van der Waals surface area contributed by atoms with Crippen LogP contribution in [0.15, 0.2) is 41.2 Å². The number of fused-ring (bicyclic) bond motifs is 1. The van der Waals surface area contributed by atoms with Gasteiger partial charge in [0.15, 0.2) is 6.10 Å². The molecular weight excluding hydrogens is 247 g/mol. The number of furan rings is 1. The molecule has 1 atom stereocenters. The second-order valence-corrected chi connectivity index (χ2v) is 4.26. The van der Waals surface area contributed by atoms with E-state index >= 15 is 0 Å². The van der Waals surface area contributed by atoms with Crippen molar-refractivity contribution in [3.63, 3.8) is 0 Å². The molecule has 0 bridgehead atoms. The van der Waals surface area contributed by atoms with Crippen LogP contribution in [-0.4, -0.2) is 15.1 Å². The topological polar surface area (TPSA) is 59.2 Å². The van der Waals surface area contributed by atoms with Gasteiger partial charge in [-0.3, -0.25) is 9.97 Å². The van der Waals surface area contributed by atoms with E-state index in [4.69, 9.17) is 4.42 Å². The smallest absolute Gasteiger partial charge is 0.155 e. The van der Waals surface area contributed by atoms with Crippen molar-refractivity contribution < 1.29 is 13.9 Å². The molecule has 3 aromatic rings. The maximum Gasteiger partial charge on any atom is 0.155 e. The number of hydrogen-bond donors (Lipinski definition) is 1. The van der Waals surface area contributed by atoms with Crippen molar-refractivity contribution in [2.45, 2.75) is 13.0 Å². The molecule has 0 spiro atoms. The highest BCUT2D eigenvalue weighted by molar-refractivity contribution is 5.82. The Morgan fingerprint density at radius 2 is 2.16 bits per heavy atom. The molecule has 1 unspecified atom stereocenters. The number of rotatable bonds is 2. The Morgan fingerprint density at radius 1 is 1.32 bits per heavy atom. The second-order valence-electron chi connectivity index (χ2n) is 4.26. The monoisotopic (exact) mass is 258 g/mol. The van der Waals surface area contributed by atoms with E-state index in [1.807, 2.05) is 0 Å². The van der Waals surface area contributed by atoms with Gasteiger partial charge in [0.05, 0.1) is 11.9 Å². The molecule has 96 valence electrons. The molecule has 4 nitrogen and oxygen atoms in total. The summed E-state index contributed by atoms with van der Waals surface area (Å²) >= 11 is 0. The summed E-state index contributed by atoms with van der Waals surface area (Å²) in [5, 5.41) is 10.9. The van der Waals surface area contributed by atoms with Crippen molar-refractivity contribution in [3.8, 4) is 0 Å². The predicted molar refractivity (Wildman–Crippen MR) is 67.0 cm³/mol. The van der Waals surface area contributed by atoms with Crippen LogP contribution in [0.1, 0.15) is 23.1 Å². The van der Waals surface area contributed by atoms with E-state index in [-0.39, 0.29) is 5.82 Å². The van der Waals surface area contributed by atoms with Gasteiger partial charge in [-0.25, -0.2) is 4.39 Å². The van der Waals surface area contributed by atoms with Crippen LogP contribution in [-0.2, 0) is 0 Å². The minimum absolute atomic E-state index is 0.336. The van der Waals surface area contributed by atoms with E-state index in [1.54, 1.807) is 13.0 Å². The quantitative estimate of drug-likeness (QED) is 0.767. The van der Waals surface area contributed by atoms with E-state index in [0.29, 0.717) is 28.0 Å². The number of aliphatic hydroxyl groups is 1. The Kier molecular flexibility index (Phi) is 2.76. The molecule has 0 fully saturated rings. The normalized spacial score (nSPS) is 12.8. The van der Waals surface area contributed by atoms with Crippen molar-refractivity contribution in [1.82, 2.24) is 9.97 Å². The third-order valence-electron chi connectivity index (χ3n) is 3.05. The summed E-state index contributed by atoms with van der Waals surface area (Å²) in [6, 6.07) is 4.26. The summed E-state index contributed by atoms with van der Waals surface area (Å²) in [5.41, 5.74) is 1.63. The molecule has 0 aliphatic carbocycles. The van der Waals surface area contributed by atoms with Gasteiger partial charge in [0, 0.05) is 23.3 Å². The maximum atomic E-state index is 13.2. The lowest BCUT2D eigenvalue weighted by Gasteiger charge is -2.07. The lowest BCUT2D eigenvalue weighted by Crippen LogP contribution is -2.02. The largest absolute Gasteiger partial charge is 0.458 e. The molecule has 0 saturated heterocycles. The molecule has 0 aliphatic rings. The molecular formula is C14H11FN2O2. The van der Waals surface area contributed by atoms with Gasteiger partial charge in [0.2, 0.25) is 0 Å². The molecule has 19 heavy (non-hydrogen) atoms. The standard InChI is InChI=1S/C14H11FN2O2/c1-8-10-6-9(15)2-3-12(10)19-14(8)13(18)11-7-16-4-5-17-11/h2-7,13,18H,1H3. The van der Waals surface area contributed by atoms with Crippen LogP contribution < -0.4 is 0 Å². The zero-order chi connectivity index (χ0) is 13.4. The minimum Gasteiger partial charge on any atom is -0.458 e. The summed E-state index contributed by atoms with van der Waals surface area (Å²) < 4.78 is 18.8. The molecule has 2 aromatic heterocycles. The van der Waals surface area contributed by atoms with Crippen molar-refractivity contribution in [2.75, 3.05) is 0 Å². The molecule has 5 heteroatoms. The first-order valence-corrected chi connectivity index (χ1v) is 5.79. The molecule has 0 radical (unpaired) electrons. The molecule has 3 rings (SSSR count). The third kappa shape index (κ3) is 1.98. The Morgan fingerprint density at radius 3 is 2.89 bits per heavy atom. The molecule has 0 saturated carbocycles. The maximum absolute atomic E-state index is 13.2. The SMILES string of the molecule is Cc1c(C(O)c2cnccn2)oc2ccc(F)cc12. The number of nitrogens with zero attached hydrogens (tertiary/aromatic N) is 2. The van der Waals surface area contributed by atoms with E-state index in [1.165, 1.54) is 30.7 Å². The van der Waals surface area contributed by atoms with Gasteiger partial charge in [-0.05, 0) is 25.1 Å². The van der Waals surface area contributed by atoms with E-state index < -0.39 is 6.10 Å². The van der Waals surface area contributed by atoms with Crippen molar-refractivity contribution in [2.24, 2.45) is 0 Å². The Hall–Kier alpha value is -2.27. The zero-order valence-electron chi connectivity index (χ0n) is 10.2. The lowest BCUT2D eigenvalue weighted by atomic mass is 10.1. The van der Waals surface area contributed by atoms with E-state index in [0.717, 1.165) is 0 Å². The van der Waals surface area contributed by atoms with Gasteiger partial charge in [-0.2, -0.15) is 0 Å². The summed E-state index contributed by atoms with van der Waals surface area (Å²) in [5.74, 6) is 0.0260. The lowest BCUT2D eigenvalue weighted by molar-refractivity contribution is 0.186. The molecule has 2 heterocycles. The van der Waals surface area contributed by atoms with Crippen LogP contribution in [0.5, 0.6) is 0 Å². The predicted octanol–water partition coefficient (Wildman–Crippen LogP) is 2.75. The number of aromatic nitrogens is 2. The van der Waals surface area contributed by atoms with Gasteiger partial charge in [-0.15, -0.1) is 0 Å². The zero-order valence-corrected chi connectivity index (χ0v) is 10.2. The number of halogens is 1. The fourth-order valence-corrected chi connectivity index (χ4v) is 2.06. The molecule has 1 aromatic carbocycles. The highest BCUT2D eigenvalue weighted by atomic mass is 19.1. The number of aliphatic hydroxyl groups excluding tert-OH is 1. The molecule has 0 amide bonds. The van der Waals surface area contributed by atoms with Gasteiger partial charge in [0.25, 0.3) is 0 Å². The van der Waals surface area contributed by atoms with Crippen LogP contribution in [0.25, 0.3) is 11.0 Å². The first-order valence-electron chi connectivity index (χ1n) is 5.79. The van der Waals surface area contributed by atoms with Gasteiger partial charge >= 0.3 is 0 Å². The fourth-order valence-electron chi connectivity index (χ4n) is 2.06. The molecule has 1 N–H and O–H groups in total. The Balaban J connectivity index is 2.13. The Labute approximate surface area is 108 Å². The third-order valence-corrected chi connectivity index (χ3v) is 3.05. The summed E-state index contributed by atoms with van der Waals surface area (Å²) in [6.07, 6.45) is 3.48. The fraction of sp³-hybridized carbons (Fsp3) is 0.143. The van der Waals surface area contributed by atoms with E-state index in [2.05, 4.69) is 9.97 Å². The summed E-state index contributed by atoms with van der Waals surface area (Å²) in [6.45, 7) is 1.78. The highest BCUT2D eigenvalue weighted by Crippen LogP contribution is 2.32. The van der Waals surface area contributed by atoms with E-state index in [9.17, 15) is 9.50 Å². The van der Waals surface area contributed by atoms with Crippen LogP contribution in [0.2, 0.25) is 0 Å².